The highest BCUT2D eigenvalue weighted by Gasteiger charge is 2.31. The van der Waals surface area contributed by atoms with E-state index in [4.69, 9.17) is 39.5 Å². The SMILES string of the molecule is O=C(CCCNc1cccc2c1C(=O)c1ccccc1C2=O)OCC(Cl)(Cl)Cl. The zero-order valence-electron chi connectivity index (χ0n) is 14.6. The van der Waals surface area contributed by atoms with Crippen molar-refractivity contribution in [2.75, 3.05) is 18.5 Å². The maximum Gasteiger partial charge on any atom is 0.305 e. The highest BCUT2D eigenvalue weighted by molar-refractivity contribution is 6.67. The summed E-state index contributed by atoms with van der Waals surface area (Å²) in [5.41, 5.74) is 2.08. The quantitative estimate of drug-likeness (QED) is 0.345. The molecule has 2 aromatic rings. The Labute approximate surface area is 176 Å². The van der Waals surface area contributed by atoms with E-state index in [0.29, 0.717) is 40.9 Å². The highest BCUT2D eigenvalue weighted by atomic mass is 35.6. The number of rotatable bonds is 6. The molecule has 0 amide bonds. The van der Waals surface area contributed by atoms with Crippen LogP contribution in [0.15, 0.2) is 42.5 Å². The van der Waals surface area contributed by atoms with E-state index in [1.165, 1.54) is 0 Å². The number of carbonyl (C=O) groups excluding carboxylic acids is 3. The highest BCUT2D eigenvalue weighted by Crippen LogP contribution is 2.32. The van der Waals surface area contributed by atoms with Gasteiger partial charge in [0.25, 0.3) is 0 Å². The van der Waals surface area contributed by atoms with E-state index in [-0.39, 0.29) is 24.6 Å². The minimum Gasteiger partial charge on any atom is -0.461 e. The number of hydrogen-bond acceptors (Lipinski definition) is 5. The van der Waals surface area contributed by atoms with E-state index in [1.54, 1.807) is 42.5 Å². The second-order valence-electron chi connectivity index (χ2n) is 6.24. The van der Waals surface area contributed by atoms with Gasteiger partial charge in [0.1, 0.15) is 6.61 Å². The van der Waals surface area contributed by atoms with Crippen molar-refractivity contribution in [1.82, 2.24) is 0 Å². The van der Waals surface area contributed by atoms with Crippen LogP contribution in [0.3, 0.4) is 0 Å². The van der Waals surface area contributed by atoms with Crippen LogP contribution in [0.4, 0.5) is 5.69 Å². The molecule has 0 bridgehead atoms. The number of halogens is 3. The fraction of sp³-hybridized carbons (Fsp3) is 0.250. The molecule has 0 saturated heterocycles. The van der Waals surface area contributed by atoms with Crippen molar-refractivity contribution in [1.29, 1.82) is 0 Å². The number of fused-ring (bicyclic) bond motifs is 2. The van der Waals surface area contributed by atoms with Crippen LogP contribution >= 0.6 is 34.8 Å². The molecule has 0 aliphatic heterocycles. The normalized spacial score (nSPS) is 13.0. The van der Waals surface area contributed by atoms with Gasteiger partial charge in [0.05, 0.1) is 5.56 Å². The molecule has 0 unspecified atom stereocenters. The molecule has 0 aromatic heterocycles. The van der Waals surface area contributed by atoms with Crippen molar-refractivity contribution >= 4 is 58.0 Å². The third-order valence-electron chi connectivity index (χ3n) is 4.22. The predicted molar refractivity (Wildman–Crippen MR) is 109 cm³/mol. The number of esters is 1. The third kappa shape index (κ3) is 4.66. The minimum absolute atomic E-state index is 0.123. The van der Waals surface area contributed by atoms with Crippen molar-refractivity contribution in [3.63, 3.8) is 0 Å². The molecule has 2 aromatic carbocycles. The number of nitrogens with one attached hydrogen (secondary N) is 1. The molecule has 0 radical (unpaired) electrons. The molecule has 28 heavy (non-hydrogen) atoms. The molecule has 0 spiro atoms. The summed E-state index contributed by atoms with van der Waals surface area (Å²) in [4.78, 5) is 37.2. The molecular weight excluding hydrogens is 425 g/mol. The van der Waals surface area contributed by atoms with Crippen LogP contribution in [0, 0.1) is 0 Å². The Morgan fingerprint density at radius 1 is 0.929 bits per heavy atom. The van der Waals surface area contributed by atoms with Gasteiger partial charge >= 0.3 is 5.97 Å². The van der Waals surface area contributed by atoms with Gasteiger partial charge in [-0.1, -0.05) is 71.2 Å². The van der Waals surface area contributed by atoms with E-state index in [0.717, 1.165) is 0 Å². The molecule has 0 saturated carbocycles. The Morgan fingerprint density at radius 3 is 2.25 bits per heavy atom. The molecule has 5 nitrogen and oxygen atoms in total. The lowest BCUT2D eigenvalue weighted by Crippen LogP contribution is -2.22. The minimum atomic E-state index is -1.64. The van der Waals surface area contributed by atoms with Gasteiger partial charge in [-0.15, -0.1) is 0 Å². The molecule has 1 aliphatic rings. The predicted octanol–water partition coefficient (Wildman–Crippen LogP) is 4.57. The topological polar surface area (TPSA) is 72.5 Å². The van der Waals surface area contributed by atoms with Gasteiger partial charge in [-0.2, -0.15) is 0 Å². The summed E-state index contributed by atoms with van der Waals surface area (Å²) in [6.07, 6.45) is 0.569. The maximum absolute atomic E-state index is 12.9. The summed E-state index contributed by atoms with van der Waals surface area (Å²) >= 11 is 16.6. The van der Waals surface area contributed by atoms with Gasteiger partial charge < -0.3 is 10.1 Å². The third-order valence-corrected chi connectivity index (χ3v) is 4.55. The molecule has 146 valence electrons. The molecule has 3 rings (SSSR count). The number of anilines is 1. The van der Waals surface area contributed by atoms with Gasteiger partial charge in [-0.3, -0.25) is 14.4 Å². The zero-order chi connectivity index (χ0) is 20.3. The largest absolute Gasteiger partial charge is 0.461 e. The second-order valence-corrected chi connectivity index (χ2v) is 8.75. The Bertz CT molecular complexity index is 937. The van der Waals surface area contributed by atoms with Crippen molar-refractivity contribution in [2.45, 2.75) is 16.6 Å². The van der Waals surface area contributed by atoms with Crippen molar-refractivity contribution in [2.24, 2.45) is 0 Å². The lowest BCUT2D eigenvalue weighted by molar-refractivity contribution is -0.143. The van der Waals surface area contributed by atoms with E-state index in [9.17, 15) is 14.4 Å². The summed E-state index contributed by atoms with van der Waals surface area (Å²) in [6, 6.07) is 11.9. The van der Waals surface area contributed by atoms with Crippen LogP contribution in [-0.4, -0.2) is 34.5 Å². The van der Waals surface area contributed by atoms with Gasteiger partial charge in [-0.25, -0.2) is 0 Å². The van der Waals surface area contributed by atoms with E-state index in [1.807, 2.05) is 0 Å². The fourth-order valence-electron chi connectivity index (χ4n) is 2.98. The smallest absolute Gasteiger partial charge is 0.305 e. The van der Waals surface area contributed by atoms with Gasteiger partial charge in [0, 0.05) is 35.3 Å². The lowest BCUT2D eigenvalue weighted by atomic mass is 9.83. The Kier molecular flexibility index (Phi) is 6.28. The van der Waals surface area contributed by atoms with E-state index in [2.05, 4.69) is 5.32 Å². The first-order valence-electron chi connectivity index (χ1n) is 8.55. The monoisotopic (exact) mass is 439 g/mol. The number of carbonyl (C=O) groups is 3. The van der Waals surface area contributed by atoms with Crippen LogP contribution in [0.5, 0.6) is 0 Å². The number of hydrogen-bond donors (Lipinski definition) is 1. The van der Waals surface area contributed by atoms with Crippen LogP contribution in [-0.2, 0) is 9.53 Å². The van der Waals surface area contributed by atoms with Crippen LogP contribution in [0.25, 0.3) is 0 Å². The first kappa shape index (κ1) is 20.6. The van der Waals surface area contributed by atoms with Gasteiger partial charge in [0.15, 0.2) is 11.6 Å². The summed E-state index contributed by atoms with van der Waals surface area (Å²) in [5, 5.41) is 3.12. The zero-order valence-corrected chi connectivity index (χ0v) is 16.9. The Hall–Kier alpha value is -2.08. The fourth-order valence-corrected chi connectivity index (χ4v) is 3.15. The van der Waals surface area contributed by atoms with E-state index < -0.39 is 9.76 Å². The number of ketones is 2. The van der Waals surface area contributed by atoms with Crippen molar-refractivity contribution < 1.29 is 19.1 Å². The maximum atomic E-state index is 12.9. The first-order chi connectivity index (χ1) is 13.3. The van der Waals surface area contributed by atoms with Crippen LogP contribution in [0.1, 0.15) is 44.7 Å². The molecule has 0 atom stereocenters. The molecule has 0 heterocycles. The number of ether oxygens (including phenoxy) is 1. The number of alkyl halides is 3. The summed E-state index contributed by atoms with van der Waals surface area (Å²) in [5.74, 6) is -0.858. The summed E-state index contributed by atoms with van der Waals surface area (Å²) in [6.45, 7) is 0.0918. The summed E-state index contributed by atoms with van der Waals surface area (Å²) in [7, 11) is 0. The van der Waals surface area contributed by atoms with Crippen molar-refractivity contribution in [3.8, 4) is 0 Å². The van der Waals surface area contributed by atoms with Gasteiger partial charge in [-0.05, 0) is 12.5 Å². The average molecular weight is 441 g/mol. The first-order valence-corrected chi connectivity index (χ1v) is 9.69. The molecule has 1 N–H and O–H groups in total. The second kappa shape index (κ2) is 8.52. The Morgan fingerprint density at radius 2 is 1.57 bits per heavy atom. The van der Waals surface area contributed by atoms with Crippen molar-refractivity contribution in [3.05, 3.63) is 64.7 Å². The van der Waals surface area contributed by atoms with Crippen LogP contribution in [0.2, 0.25) is 0 Å². The number of benzene rings is 2. The molecular formula is C20H16Cl3NO4. The van der Waals surface area contributed by atoms with Gasteiger partial charge in [0.2, 0.25) is 3.79 Å². The standard InChI is InChI=1S/C20H16Cl3NO4/c21-20(22,23)11-28-16(25)9-4-10-24-15-8-3-7-14-17(15)19(27)13-6-2-1-5-12(13)18(14)26/h1-3,5-8,24H,4,9-11H2. The molecule has 8 heteroatoms. The van der Waals surface area contributed by atoms with E-state index >= 15 is 0 Å². The summed E-state index contributed by atoms with van der Waals surface area (Å²) < 4.78 is 3.22. The average Bonchev–Trinajstić information content (AvgIpc) is 2.67. The van der Waals surface area contributed by atoms with Crippen LogP contribution < -0.4 is 5.32 Å². The Balaban J connectivity index is 1.65. The molecule has 0 fully saturated rings. The lowest BCUT2D eigenvalue weighted by Gasteiger charge is -2.20. The molecule has 1 aliphatic carbocycles.